The molecule has 2 aliphatic heterocycles. The van der Waals surface area contributed by atoms with Crippen molar-refractivity contribution in [3.05, 3.63) is 57.6 Å². The highest BCUT2D eigenvalue weighted by molar-refractivity contribution is 7.90. The highest BCUT2D eigenvalue weighted by Crippen LogP contribution is 2.43. The SMILES string of the molecule is Cn1cnc2ccc(Nc3c(F)ccc(NS(=O)(=O)N4CC5CC4C5)c3Cl)c(F)c2c1=O. The molecule has 0 radical (unpaired) electrons. The van der Waals surface area contributed by atoms with Crippen LogP contribution in [0.3, 0.4) is 0 Å². The number of fused-ring (bicyclic) bond motifs is 2. The molecular weight excluding hydrogens is 464 g/mol. The van der Waals surface area contributed by atoms with E-state index >= 15 is 4.39 Å². The van der Waals surface area contributed by atoms with E-state index in [4.69, 9.17) is 11.6 Å². The summed E-state index contributed by atoms with van der Waals surface area (Å²) >= 11 is 6.30. The van der Waals surface area contributed by atoms with Crippen LogP contribution in [0.25, 0.3) is 10.9 Å². The second kappa shape index (κ2) is 7.39. The Morgan fingerprint density at radius 3 is 2.56 bits per heavy atom. The lowest BCUT2D eigenvalue weighted by atomic mass is 9.87. The fourth-order valence-electron chi connectivity index (χ4n) is 4.21. The molecule has 2 N–H and O–H groups in total. The summed E-state index contributed by atoms with van der Waals surface area (Å²) in [4.78, 5) is 16.3. The number of anilines is 3. The van der Waals surface area contributed by atoms with E-state index in [-0.39, 0.29) is 39.0 Å². The third kappa shape index (κ3) is 3.31. The fourth-order valence-corrected chi connectivity index (χ4v) is 6.05. The van der Waals surface area contributed by atoms with Gasteiger partial charge in [-0.05, 0) is 43.0 Å². The van der Waals surface area contributed by atoms with Gasteiger partial charge in [0.1, 0.15) is 11.2 Å². The van der Waals surface area contributed by atoms with Crippen LogP contribution in [0.2, 0.25) is 5.02 Å². The van der Waals surface area contributed by atoms with Gasteiger partial charge in [0.15, 0.2) is 5.82 Å². The molecular formula is C20H18ClF2N5O3S. The largest absolute Gasteiger partial charge is 0.349 e. The topological polar surface area (TPSA) is 96.3 Å². The maximum Gasteiger partial charge on any atom is 0.301 e. The smallest absolute Gasteiger partial charge is 0.301 e. The number of nitrogens with zero attached hydrogens (tertiary/aromatic N) is 3. The van der Waals surface area contributed by atoms with Crippen molar-refractivity contribution in [2.24, 2.45) is 13.0 Å². The van der Waals surface area contributed by atoms with E-state index in [9.17, 15) is 17.6 Å². The first kappa shape index (κ1) is 21.1. The number of rotatable bonds is 5. The first-order chi connectivity index (χ1) is 15.2. The molecule has 6 rings (SSSR count). The van der Waals surface area contributed by atoms with Gasteiger partial charge in [0.2, 0.25) is 0 Å². The third-order valence-electron chi connectivity index (χ3n) is 5.98. The molecule has 3 aromatic rings. The maximum absolute atomic E-state index is 15.1. The molecule has 1 saturated carbocycles. The summed E-state index contributed by atoms with van der Waals surface area (Å²) in [6.45, 7) is 0.440. The average Bonchev–Trinajstić information content (AvgIpc) is 3.34. The molecule has 168 valence electrons. The number of aryl methyl sites for hydroxylation is 1. The van der Waals surface area contributed by atoms with Gasteiger partial charge in [-0.3, -0.25) is 9.52 Å². The summed E-state index contributed by atoms with van der Waals surface area (Å²) < 4.78 is 60.1. The van der Waals surface area contributed by atoms with Crippen LogP contribution in [-0.2, 0) is 17.3 Å². The first-order valence-electron chi connectivity index (χ1n) is 9.84. The van der Waals surface area contributed by atoms with Crippen LogP contribution in [0, 0.1) is 17.6 Å². The van der Waals surface area contributed by atoms with Crippen LogP contribution < -0.4 is 15.6 Å². The normalized spacial score (nSPS) is 20.4. The van der Waals surface area contributed by atoms with E-state index in [1.165, 1.54) is 35.9 Å². The van der Waals surface area contributed by atoms with Crippen LogP contribution in [-0.4, -0.2) is 34.9 Å². The highest BCUT2D eigenvalue weighted by Gasteiger charge is 2.48. The minimum atomic E-state index is -3.87. The van der Waals surface area contributed by atoms with Gasteiger partial charge < -0.3 is 9.88 Å². The Labute approximate surface area is 187 Å². The summed E-state index contributed by atoms with van der Waals surface area (Å²) in [5, 5.41) is 2.03. The molecule has 0 amide bonds. The lowest BCUT2D eigenvalue weighted by Gasteiger charge is -2.26. The zero-order valence-electron chi connectivity index (χ0n) is 16.8. The monoisotopic (exact) mass is 481 g/mol. The standard InChI is InChI=1S/C20H18ClF2N5O3S/c1-27-9-24-13-4-5-15(18(23)16(13)20(27)29)25-19-12(22)2-3-14(17(19)21)26-32(30,31)28-8-10-6-11(28)7-10/h2-5,9-11,25-26H,6-8H2,1H3. The summed E-state index contributed by atoms with van der Waals surface area (Å²) in [5.74, 6) is -1.37. The van der Waals surface area contributed by atoms with E-state index in [2.05, 4.69) is 15.0 Å². The third-order valence-corrected chi connectivity index (χ3v) is 7.91. The van der Waals surface area contributed by atoms with Gasteiger partial charge >= 0.3 is 10.2 Å². The van der Waals surface area contributed by atoms with Gasteiger partial charge in [-0.1, -0.05) is 11.6 Å². The molecule has 0 spiro atoms. The second-order valence-electron chi connectivity index (χ2n) is 8.06. The van der Waals surface area contributed by atoms with Crippen LogP contribution in [0.4, 0.5) is 25.8 Å². The molecule has 2 saturated heterocycles. The van der Waals surface area contributed by atoms with Crippen LogP contribution >= 0.6 is 11.6 Å². The number of hydrogen-bond acceptors (Lipinski definition) is 5. The summed E-state index contributed by atoms with van der Waals surface area (Å²) in [6, 6.07) is 4.92. The number of benzene rings is 2. The molecule has 32 heavy (non-hydrogen) atoms. The van der Waals surface area contributed by atoms with Crippen molar-refractivity contribution in [3.63, 3.8) is 0 Å². The Kier molecular flexibility index (Phi) is 4.88. The van der Waals surface area contributed by atoms with Gasteiger partial charge in [-0.2, -0.15) is 12.7 Å². The molecule has 0 atom stereocenters. The predicted molar refractivity (Wildman–Crippen MR) is 117 cm³/mol. The van der Waals surface area contributed by atoms with Gasteiger partial charge in [0, 0.05) is 19.6 Å². The van der Waals surface area contributed by atoms with Crippen molar-refractivity contribution in [2.45, 2.75) is 18.9 Å². The Balaban J connectivity index is 1.50. The van der Waals surface area contributed by atoms with Gasteiger partial charge in [0.05, 0.1) is 33.9 Å². The molecule has 1 aromatic heterocycles. The number of aromatic nitrogens is 2. The van der Waals surface area contributed by atoms with Crippen molar-refractivity contribution >= 4 is 49.8 Å². The summed E-state index contributed by atoms with van der Waals surface area (Å²) in [5.41, 5.74) is -1.03. The number of hydrogen-bond donors (Lipinski definition) is 2. The highest BCUT2D eigenvalue weighted by atomic mass is 35.5. The zero-order chi connectivity index (χ0) is 22.8. The summed E-state index contributed by atoms with van der Waals surface area (Å²) in [6.07, 6.45) is 2.94. The molecule has 2 bridgehead atoms. The van der Waals surface area contributed by atoms with E-state index in [1.807, 2.05) is 0 Å². The Hall–Kier alpha value is -2.76. The molecule has 12 heteroatoms. The predicted octanol–water partition coefficient (Wildman–Crippen LogP) is 3.36. The lowest BCUT2D eigenvalue weighted by Crippen LogP contribution is -2.38. The van der Waals surface area contributed by atoms with Crippen LogP contribution in [0.15, 0.2) is 35.4 Å². The van der Waals surface area contributed by atoms with E-state index < -0.39 is 27.4 Å². The van der Waals surface area contributed by atoms with Gasteiger partial charge in [-0.15, -0.1) is 0 Å². The summed E-state index contributed by atoms with van der Waals surface area (Å²) in [7, 11) is -2.44. The van der Waals surface area contributed by atoms with Gasteiger partial charge in [0.25, 0.3) is 5.56 Å². The molecule has 0 unspecified atom stereocenters. The molecule has 3 fully saturated rings. The minimum Gasteiger partial charge on any atom is -0.349 e. The first-order valence-corrected chi connectivity index (χ1v) is 11.7. The molecule has 2 aromatic carbocycles. The minimum absolute atomic E-state index is 0.0303. The van der Waals surface area contributed by atoms with Crippen molar-refractivity contribution in [2.75, 3.05) is 16.6 Å². The maximum atomic E-state index is 15.1. The quantitative estimate of drug-likeness (QED) is 0.582. The van der Waals surface area contributed by atoms with Crippen molar-refractivity contribution in [1.29, 1.82) is 0 Å². The van der Waals surface area contributed by atoms with Crippen molar-refractivity contribution in [3.8, 4) is 0 Å². The zero-order valence-corrected chi connectivity index (χ0v) is 18.3. The number of nitrogens with one attached hydrogen (secondary N) is 2. The van der Waals surface area contributed by atoms with E-state index in [0.717, 1.165) is 23.5 Å². The molecule has 8 nitrogen and oxygen atoms in total. The van der Waals surface area contributed by atoms with Crippen molar-refractivity contribution in [1.82, 2.24) is 13.9 Å². The fraction of sp³-hybridized carbons (Fsp3) is 0.300. The van der Waals surface area contributed by atoms with E-state index in [0.29, 0.717) is 12.5 Å². The van der Waals surface area contributed by atoms with Crippen LogP contribution in [0.1, 0.15) is 12.8 Å². The second-order valence-corrected chi connectivity index (χ2v) is 10.1. The van der Waals surface area contributed by atoms with Gasteiger partial charge in [-0.25, -0.2) is 13.8 Å². The Morgan fingerprint density at radius 1 is 1.16 bits per heavy atom. The van der Waals surface area contributed by atoms with Crippen molar-refractivity contribution < 1.29 is 17.2 Å². The molecule has 3 heterocycles. The van der Waals surface area contributed by atoms with Crippen LogP contribution in [0.5, 0.6) is 0 Å². The number of halogens is 3. The lowest BCUT2D eigenvalue weighted by molar-refractivity contribution is 0.327. The molecule has 3 aliphatic rings. The van der Waals surface area contributed by atoms with E-state index in [1.54, 1.807) is 0 Å². The average molecular weight is 482 g/mol. The molecule has 1 aliphatic carbocycles. The Morgan fingerprint density at radius 2 is 1.88 bits per heavy atom. The Bertz CT molecular complexity index is 1420.